The van der Waals surface area contributed by atoms with Crippen LogP contribution in [0.15, 0.2) is 6.20 Å². The summed E-state index contributed by atoms with van der Waals surface area (Å²) >= 11 is 0.961. The van der Waals surface area contributed by atoms with E-state index in [9.17, 15) is 5.26 Å². The highest BCUT2D eigenvalue weighted by atomic mass is 32.1. The molecule has 0 radical (unpaired) electrons. The third kappa shape index (κ3) is 4.73. The molecule has 0 spiro atoms. The van der Waals surface area contributed by atoms with Crippen LogP contribution >= 0.6 is 11.3 Å². The number of benzene rings is 1. The molecule has 4 bridgehead atoms. The second kappa shape index (κ2) is 11.1. The molecule has 1 saturated carbocycles. The van der Waals surface area contributed by atoms with E-state index < -0.39 is 11.6 Å². The van der Waals surface area contributed by atoms with Crippen LogP contribution in [-0.2, 0) is 22.7 Å². The van der Waals surface area contributed by atoms with E-state index in [-0.39, 0.29) is 74.1 Å². The van der Waals surface area contributed by atoms with E-state index in [0.29, 0.717) is 35.6 Å². The third-order valence-corrected chi connectivity index (χ3v) is 12.6. The van der Waals surface area contributed by atoms with Gasteiger partial charge in [0.2, 0.25) is 0 Å². The first-order chi connectivity index (χ1) is 23.9. The zero-order valence-electron chi connectivity index (χ0n) is 26.9. The van der Waals surface area contributed by atoms with Crippen LogP contribution in [-0.4, -0.2) is 83.5 Å². The predicted molar refractivity (Wildman–Crippen MR) is 179 cm³/mol. The Labute approximate surface area is 285 Å². The molecule has 1 aliphatic carbocycles. The molecule has 3 N–H and O–H groups in total. The summed E-state index contributed by atoms with van der Waals surface area (Å²) in [6, 6.07) is 2.65. The molecule has 1 aromatic carbocycles. The molecule has 5 fully saturated rings. The van der Waals surface area contributed by atoms with Crippen molar-refractivity contribution in [2.24, 2.45) is 5.41 Å². The summed E-state index contributed by atoms with van der Waals surface area (Å²) < 4.78 is 51.1. The third-order valence-electron chi connectivity index (χ3n) is 11.6. The number of halogens is 2. The second-order valence-electron chi connectivity index (χ2n) is 14.7. The Kier molecular flexibility index (Phi) is 6.84. The topological polar surface area (TPSA) is 135 Å². The number of hydrogen-bond donors (Lipinski definition) is 2. The number of fused-ring (bicyclic) bond motifs is 8. The first kappa shape index (κ1) is 30.1. The van der Waals surface area contributed by atoms with Gasteiger partial charge in [0.25, 0.3) is 0 Å². The number of morpholine rings is 1. The number of nitriles is 1. The Morgan fingerprint density at radius 2 is 1.82 bits per heavy atom. The summed E-state index contributed by atoms with van der Waals surface area (Å²) in [5, 5.41) is 14.5. The van der Waals surface area contributed by atoms with Crippen molar-refractivity contribution < 1.29 is 23.0 Å². The van der Waals surface area contributed by atoms with E-state index in [4.69, 9.17) is 29.9 Å². The maximum absolute atomic E-state index is 17.4. The molecule has 10 rings (SSSR count). The highest BCUT2D eigenvalue weighted by molar-refractivity contribution is 7.23. The van der Waals surface area contributed by atoms with Gasteiger partial charge in [0.05, 0.1) is 59.6 Å². The lowest BCUT2D eigenvalue weighted by Crippen LogP contribution is -2.52. The summed E-state index contributed by atoms with van der Waals surface area (Å²) in [4.78, 5) is 19.1. The number of nitrogens with zero attached hydrogens (tertiary/aromatic N) is 6. The summed E-state index contributed by atoms with van der Waals surface area (Å²) in [6.07, 6.45) is 8.11. The van der Waals surface area contributed by atoms with E-state index in [1.165, 1.54) is 0 Å². The fraction of sp³-hybridized carbons (Fsp3) is 0.543. The SMILES string of the molecule is N#Cc1c(N)sc2c(F)cnc(-c3c4c(c5c(N6C7CCC6CNC7)nc(OCC6(CN7CC8CCC(C7)O8)CC6)nc5c3F)COC4)c12. The van der Waals surface area contributed by atoms with Gasteiger partial charge >= 0.3 is 6.01 Å². The lowest BCUT2D eigenvalue weighted by Gasteiger charge is -2.37. The lowest BCUT2D eigenvalue weighted by molar-refractivity contribution is -0.0460. The molecule has 4 saturated heterocycles. The summed E-state index contributed by atoms with van der Waals surface area (Å²) in [7, 11) is 0. The van der Waals surface area contributed by atoms with Gasteiger partial charge < -0.3 is 30.2 Å². The van der Waals surface area contributed by atoms with E-state index >= 15 is 8.78 Å². The zero-order valence-corrected chi connectivity index (χ0v) is 27.8. The highest BCUT2D eigenvalue weighted by Gasteiger charge is 2.47. The van der Waals surface area contributed by atoms with Crippen molar-refractivity contribution in [1.29, 1.82) is 5.26 Å². The Morgan fingerprint density at radius 3 is 2.55 bits per heavy atom. The van der Waals surface area contributed by atoms with Crippen molar-refractivity contribution in [3.8, 4) is 23.3 Å². The van der Waals surface area contributed by atoms with Crippen LogP contribution in [0.5, 0.6) is 6.01 Å². The normalized spacial score (nSPS) is 26.8. The molecule has 14 heteroatoms. The molecule has 11 nitrogen and oxygen atoms in total. The molecule has 4 unspecified atom stereocenters. The minimum atomic E-state index is -0.616. The number of likely N-dealkylation sites (tertiary alicyclic amines) is 1. The van der Waals surface area contributed by atoms with Crippen LogP contribution in [0, 0.1) is 28.4 Å². The maximum Gasteiger partial charge on any atom is 0.319 e. The van der Waals surface area contributed by atoms with Crippen molar-refractivity contribution in [2.75, 3.05) is 50.0 Å². The Hall–Kier alpha value is -3.74. The van der Waals surface area contributed by atoms with E-state index in [1.807, 2.05) is 0 Å². The second-order valence-corrected chi connectivity index (χ2v) is 15.7. The molecule has 8 heterocycles. The molecule has 254 valence electrons. The Balaban J connectivity index is 1.11. The van der Waals surface area contributed by atoms with Crippen molar-refractivity contribution in [1.82, 2.24) is 25.2 Å². The number of ether oxygens (including phenoxy) is 3. The van der Waals surface area contributed by atoms with Crippen LogP contribution in [0.3, 0.4) is 0 Å². The molecular formula is C35H36F2N8O3S. The van der Waals surface area contributed by atoms with E-state index in [0.717, 1.165) is 94.3 Å². The molecule has 49 heavy (non-hydrogen) atoms. The van der Waals surface area contributed by atoms with Crippen molar-refractivity contribution in [3.05, 3.63) is 34.5 Å². The molecular weight excluding hydrogens is 651 g/mol. The number of nitrogens with two attached hydrogens (primary N) is 1. The monoisotopic (exact) mass is 686 g/mol. The first-order valence-corrected chi connectivity index (χ1v) is 18.1. The van der Waals surface area contributed by atoms with Gasteiger partial charge in [-0.1, -0.05) is 0 Å². The van der Waals surface area contributed by atoms with Crippen LogP contribution in [0.1, 0.15) is 55.2 Å². The van der Waals surface area contributed by atoms with Crippen molar-refractivity contribution in [3.63, 3.8) is 0 Å². The van der Waals surface area contributed by atoms with Gasteiger partial charge in [-0.15, -0.1) is 11.3 Å². The van der Waals surface area contributed by atoms with Gasteiger partial charge in [0.1, 0.15) is 22.4 Å². The maximum atomic E-state index is 17.4. The summed E-state index contributed by atoms with van der Waals surface area (Å²) in [5.74, 6) is -0.556. The quantitative estimate of drug-likeness (QED) is 0.282. The van der Waals surface area contributed by atoms with Gasteiger partial charge in [-0.3, -0.25) is 9.88 Å². The predicted octanol–water partition coefficient (Wildman–Crippen LogP) is 4.63. The minimum absolute atomic E-state index is 0.00895. The number of anilines is 2. The van der Waals surface area contributed by atoms with Crippen LogP contribution in [0.25, 0.3) is 32.2 Å². The number of rotatable bonds is 7. The van der Waals surface area contributed by atoms with Crippen LogP contribution in [0.2, 0.25) is 0 Å². The summed E-state index contributed by atoms with van der Waals surface area (Å²) in [5.41, 5.74) is 8.06. The smallest absolute Gasteiger partial charge is 0.319 e. The van der Waals surface area contributed by atoms with Crippen molar-refractivity contribution >= 4 is 43.1 Å². The van der Waals surface area contributed by atoms with E-state index in [1.54, 1.807) is 0 Å². The largest absolute Gasteiger partial charge is 0.463 e. The van der Waals surface area contributed by atoms with Crippen LogP contribution < -0.4 is 20.7 Å². The lowest BCUT2D eigenvalue weighted by atomic mass is 9.93. The van der Waals surface area contributed by atoms with Crippen LogP contribution in [0.4, 0.5) is 19.6 Å². The van der Waals surface area contributed by atoms with Gasteiger partial charge in [-0.2, -0.15) is 15.2 Å². The Morgan fingerprint density at radius 1 is 1.06 bits per heavy atom. The number of piperazine rings is 1. The number of hydrogen-bond acceptors (Lipinski definition) is 12. The highest BCUT2D eigenvalue weighted by Crippen LogP contribution is 2.49. The van der Waals surface area contributed by atoms with E-state index in [2.05, 4.69) is 26.2 Å². The number of nitrogens with one attached hydrogen (secondary N) is 1. The standard InChI is InChI=1S/C35H36F2N8O3S/c36-24-10-41-29(26-21(7-38)32(39)49-31(24)26)25-22-13-46-14-23(22)27-30(28(25)37)42-34(43-33(27)45-17-1-2-18(45)9-40-8-17)47-16-35(5-6-35)15-44-11-19-3-4-20(12-44)48-19/h10,17-20,40H,1-6,8-9,11-16,39H2. The number of nitrogen functional groups attached to an aromatic ring is 1. The van der Waals surface area contributed by atoms with Gasteiger partial charge in [0, 0.05) is 61.2 Å². The fourth-order valence-corrected chi connectivity index (χ4v) is 9.97. The van der Waals surface area contributed by atoms with Gasteiger partial charge in [-0.05, 0) is 49.7 Å². The average molecular weight is 687 g/mol. The number of pyridine rings is 1. The summed E-state index contributed by atoms with van der Waals surface area (Å²) in [6.45, 7) is 5.30. The van der Waals surface area contributed by atoms with Crippen molar-refractivity contribution in [2.45, 2.75) is 76.0 Å². The molecule has 4 aromatic rings. The number of aromatic nitrogens is 3. The zero-order chi connectivity index (χ0) is 33.0. The molecule has 3 aromatic heterocycles. The minimum Gasteiger partial charge on any atom is -0.463 e. The molecule has 0 amide bonds. The molecule has 4 atom stereocenters. The van der Waals surface area contributed by atoms with Gasteiger partial charge in [0.15, 0.2) is 11.6 Å². The molecule has 6 aliphatic rings. The molecule has 5 aliphatic heterocycles. The number of thiophene rings is 1. The fourth-order valence-electron chi connectivity index (χ4n) is 9.05. The first-order valence-electron chi connectivity index (χ1n) is 17.3. The average Bonchev–Trinajstić information content (AvgIpc) is 3.34. The Bertz CT molecular complexity index is 2050. The van der Waals surface area contributed by atoms with Gasteiger partial charge in [-0.25, -0.2) is 8.78 Å².